The number of aromatic nitrogens is 3. The number of rotatable bonds is 3. The third-order valence-corrected chi connectivity index (χ3v) is 3.43. The van der Waals surface area contributed by atoms with E-state index in [1.807, 2.05) is 48.0 Å². The summed E-state index contributed by atoms with van der Waals surface area (Å²) in [7, 11) is 1.81. The summed E-state index contributed by atoms with van der Waals surface area (Å²) in [6, 6.07) is 11.8. The molecule has 0 fully saturated rings. The van der Waals surface area contributed by atoms with Crippen molar-refractivity contribution in [3.05, 3.63) is 64.8 Å². The van der Waals surface area contributed by atoms with E-state index in [2.05, 4.69) is 4.98 Å². The number of para-hydroxylation sites is 2. The fourth-order valence-corrected chi connectivity index (χ4v) is 2.37. The summed E-state index contributed by atoms with van der Waals surface area (Å²) >= 11 is 0. The van der Waals surface area contributed by atoms with Crippen LogP contribution in [-0.2, 0) is 20.0 Å². The van der Waals surface area contributed by atoms with Crippen LogP contribution < -0.4 is 5.69 Å². The SMILES string of the molecule is Cn1c(=O)n(CCc2ccncc2)c2ccccc21. The molecule has 0 aliphatic carbocycles. The maximum Gasteiger partial charge on any atom is 0.328 e. The van der Waals surface area contributed by atoms with Gasteiger partial charge >= 0.3 is 5.69 Å². The van der Waals surface area contributed by atoms with Crippen molar-refractivity contribution in [2.24, 2.45) is 7.05 Å². The first-order valence-corrected chi connectivity index (χ1v) is 6.30. The van der Waals surface area contributed by atoms with Crippen LogP contribution in [0.1, 0.15) is 5.56 Å². The molecule has 2 heterocycles. The van der Waals surface area contributed by atoms with E-state index in [1.54, 1.807) is 17.0 Å². The lowest BCUT2D eigenvalue weighted by Gasteiger charge is -2.03. The van der Waals surface area contributed by atoms with Crippen molar-refractivity contribution >= 4 is 11.0 Å². The van der Waals surface area contributed by atoms with E-state index in [4.69, 9.17) is 0 Å². The van der Waals surface area contributed by atoms with E-state index in [1.165, 1.54) is 5.56 Å². The van der Waals surface area contributed by atoms with E-state index in [0.29, 0.717) is 6.54 Å². The molecule has 96 valence electrons. The number of hydrogen-bond donors (Lipinski definition) is 0. The number of fused-ring (bicyclic) bond motifs is 1. The number of imidazole rings is 1. The van der Waals surface area contributed by atoms with Gasteiger partial charge in [0.15, 0.2) is 0 Å². The predicted molar refractivity (Wildman–Crippen MR) is 75.1 cm³/mol. The van der Waals surface area contributed by atoms with Crippen molar-refractivity contribution in [2.75, 3.05) is 0 Å². The molecular weight excluding hydrogens is 238 g/mol. The topological polar surface area (TPSA) is 39.8 Å². The monoisotopic (exact) mass is 253 g/mol. The maximum atomic E-state index is 12.2. The maximum absolute atomic E-state index is 12.2. The van der Waals surface area contributed by atoms with Gasteiger partial charge in [0.25, 0.3) is 0 Å². The molecule has 4 heteroatoms. The third kappa shape index (κ3) is 2.05. The van der Waals surface area contributed by atoms with Crippen molar-refractivity contribution < 1.29 is 0 Å². The summed E-state index contributed by atoms with van der Waals surface area (Å²) in [5.74, 6) is 0. The lowest BCUT2D eigenvalue weighted by atomic mass is 10.2. The Balaban J connectivity index is 1.97. The molecule has 0 unspecified atom stereocenters. The molecule has 4 nitrogen and oxygen atoms in total. The lowest BCUT2D eigenvalue weighted by molar-refractivity contribution is 0.665. The quantitative estimate of drug-likeness (QED) is 0.716. The molecule has 0 aliphatic rings. The number of pyridine rings is 1. The molecule has 0 saturated carbocycles. The highest BCUT2D eigenvalue weighted by Crippen LogP contribution is 2.12. The van der Waals surface area contributed by atoms with Gasteiger partial charge in [0.05, 0.1) is 11.0 Å². The van der Waals surface area contributed by atoms with Gasteiger partial charge < -0.3 is 0 Å². The number of aryl methyl sites for hydroxylation is 3. The molecule has 0 aliphatic heterocycles. The summed E-state index contributed by atoms with van der Waals surface area (Å²) in [6.45, 7) is 0.685. The molecule has 1 aromatic carbocycles. The second-order valence-electron chi connectivity index (χ2n) is 4.59. The van der Waals surface area contributed by atoms with Gasteiger partial charge in [0, 0.05) is 26.0 Å². The molecule has 0 N–H and O–H groups in total. The zero-order valence-corrected chi connectivity index (χ0v) is 10.8. The molecule has 0 amide bonds. The summed E-state index contributed by atoms with van der Waals surface area (Å²) in [5.41, 5.74) is 3.19. The Labute approximate surface area is 110 Å². The zero-order chi connectivity index (χ0) is 13.2. The fourth-order valence-electron chi connectivity index (χ4n) is 2.37. The van der Waals surface area contributed by atoms with E-state index >= 15 is 0 Å². The fraction of sp³-hybridized carbons (Fsp3) is 0.200. The van der Waals surface area contributed by atoms with Gasteiger partial charge in [-0.1, -0.05) is 12.1 Å². The van der Waals surface area contributed by atoms with Gasteiger partial charge in [-0.15, -0.1) is 0 Å². The van der Waals surface area contributed by atoms with Crippen molar-refractivity contribution in [2.45, 2.75) is 13.0 Å². The minimum absolute atomic E-state index is 0.0373. The molecule has 0 saturated heterocycles. The molecule has 3 rings (SSSR count). The van der Waals surface area contributed by atoms with Crippen LogP contribution in [-0.4, -0.2) is 14.1 Å². The standard InChI is InChI=1S/C15H15N3O/c1-17-13-4-2-3-5-14(13)18(15(17)19)11-8-12-6-9-16-10-7-12/h2-7,9-10H,8,11H2,1H3. The van der Waals surface area contributed by atoms with E-state index in [9.17, 15) is 4.79 Å². The third-order valence-electron chi connectivity index (χ3n) is 3.43. The summed E-state index contributed by atoms with van der Waals surface area (Å²) < 4.78 is 3.53. The largest absolute Gasteiger partial charge is 0.328 e. The summed E-state index contributed by atoms with van der Waals surface area (Å²) in [4.78, 5) is 16.2. The highest BCUT2D eigenvalue weighted by molar-refractivity contribution is 5.75. The smallest absolute Gasteiger partial charge is 0.295 e. The molecule has 0 spiro atoms. The van der Waals surface area contributed by atoms with Crippen LogP contribution in [0, 0.1) is 0 Å². The van der Waals surface area contributed by atoms with E-state index in [0.717, 1.165) is 17.5 Å². The van der Waals surface area contributed by atoms with Gasteiger partial charge in [-0.2, -0.15) is 0 Å². The molecule has 19 heavy (non-hydrogen) atoms. The average molecular weight is 253 g/mol. The Morgan fingerprint density at radius 3 is 2.47 bits per heavy atom. The molecule has 0 bridgehead atoms. The highest BCUT2D eigenvalue weighted by Gasteiger charge is 2.09. The Morgan fingerprint density at radius 2 is 1.74 bits per heavy atom. The zero-order valence-electron chi connectivity index (χ0n) is 10.8. The second kappa shape index (κ2) is 4.72. The van der Waals surface area contributed by atoms with Gasteiger partial charge in [-0.25, -0.2) is 4.79 Å². The van der Waals surface area contributed by atoms with Crippen LogP contribution in [0.5, 0.6) is 0 Å². The minimum Gasteiger partial charge on any atom is -0.295 e. The average Bonchev–Trinajstić information content (AvgIpc) is 2.71. The molecule has 0 radical (unpaired) electrons. The first-order chi connectivity index (χ1) is 9.27. The van der Waals surface area contributed by atoms with Crippen LogP contribution in [0.25, 0.3) is 11.0 Å². The molecule has 2 aromatic heterocycles. The van der Waals surface area contributed by atoms with Crippen molar-refractivity contribution in [3.63, 3.8) is 0 Å². The summed E-state index contributed by atoms with van der Waals surface area (Å²) in [6.07, 6.45) is 4.39. The first-order valence-electron chi connectivity index (χ1n) is 6.30. The van der Waals surface area contributed by atoms with Gasteiger partial charge in [0.1, 0.15) is 0 Å². The Hall–Kier alpha value is -2.36. The van der Waals surface area contributed by atoms with Crippen molar-refractivity contribution in [3.8, 4) is 0 Å². The van der Waals surface area contributed by atoms with E-state index in [-0.39, 0.29) is 5.69 Å². The number of benzene rings is 1. The second-order valence-corrected chi connectivity index (χ2v) is 4.59. The van der Waals surface area contributed by atoms with Crippen LogP contribution in [0.2, 0.25) is 0 Å². The van der Waals surface area contributed by atoms with Crippen LogP contribution >= 0.6 is 0 Å². The highest BCUT2D eigenvalue weighted by atomic mass is 16.1. The van der Waals surface area contributed by atoms with Gasteiger partial charge in [-0.05, 0) is 36.2 Å². The molecular formula is C15H15N3O. The van der Waals surface area contributed by atoms with Crippen LogP contribution in [0.4, 0.5) is 0 Å². The van der Waals surface area contributed by atoms with Crippen LogP contribution in [0.15, 0.2) is 53.6 Å². The Kier molecular flexibility index (Phi) is 2.91. The Bertz CT molecular complexity index is 756. The van der Waals surface area contributed by atoms with Gasteiger partial charge in [0.2, 0.25) is 0 Å². The first kappa shape index (κ1) is 11.7. The van der Waals surface area contributed by atoms with Gasteiger partial charge in [-0.3, -0.25) is 14.1 Å². The summed E-state index contributed by atoms with van der Waals surface area (Å²) in [5, 5.41) is 0. The number of nitrogens with zero attached hydrogens (tertiary/aromatic N) is 3. The normalized spacial score (nSPS) is 11.0. The van der Waals surface area contributed by atoms with Crippen molar-refractivity contribution in [1.82, 2.24) is 14.1 Å². The Morgan fingerprint density at radius 1 is 1.05 bits per heavy atom. The molecule has 0 atom stereocenters. The van der Waals surface area contributed by atoms with Crippen LogP contribution in [0.3, 0.4) is 0 Å². The number of hydrogen-bond acceptors (Lipinski definition) is 2. The lowest BCUT2D eigenvalue weighted by Crippen LogP contribution is -2.23. The van der Waals surface area contributed by atoms with Crippen molar-refractivity contribution in [1.29, 1.82) is 0 Å². The molecule has 3 aromatic rings. The minimum atomic E-state index is 0.0373. The predicted octanol–water partition coefficient (Wildman–Crippen LogP) is 1.98. The van der Waals surface area contributed by atoms with E-state index < -0.39 is 0 Å².